The van der Waals surface area contributed by atoms with Gasteiger partial charge in [-0.15, -0.1) is 0 Å². The van der Waals surface area contributed by atoms with Crippen molar-refractivity contribution in [2.45, 2.75) is 76.1 Å². The van der Waals surface area contributed by atoms with Crippen molar-refractivity contribution in [1.29, 1.82) is 0 Å². The lowest BCUT2D eigenvalue weighted by Gasteiger charge is -2.48. The molecule has 0 aromatic heterocycles. The molecule has 4 heteroatoms. The zero-order valence-corrected chi connectivity index (χ0v) is 13.8. The molecule has 4 atom stereocenters. The van der Waals surface area contributed by atoms with E-state index in [4.69, 9.17) is 14.2 Å². The van der Waals surface area contributed by atoms with Gasteiger partial charge in [-0.2, -0.15) is 0 Å². The number of rotatable bonds is 5. The van der Waals surface area contributed by atoms with Crippen LogP contribution in [0.4, 0.5) is 0 Å². The van der Waals surface area contributed by atoms with Crippen molar-refractivity contribution in [1.82, 2.24) is 0 Å². The van der Waals surface area contributed by atoms with E-state index in [0.717, 1.165) is 38.7 Å². The molecule has 0 aromatic rings. The number of hydrogen-bond acceptors (Lipinski definition) is 4. The molecule has 22 heavy (non-hydrogen) atoms. The van der Waals surface area contributed by atoms with Crippen LogP contribution in [0.25, 0.3) is 0 Å². The van der Waals surface area contributed by atoms with Crippen LogP contribution in [0.3, 0.4) is 0 Å². The van der Waals surface area contributed by atoms with Crippen molar-refractivity contribution >= 4 is 5.97 Å². The number of esters is 1. The summed E-state index contributed by atoms with van der Waals surface area (Å²) in [4.78, 5) is 12.1. The predicted octanol–water partition coefficient (Wildman–Crippen LogP) is 3.39. The van der Waals surface area contributed by atoms with Gasteiger partial charge in [-0.3, -0.25) is 0 Å². The van der Waals surface area contributed by atoms with Crippen molar-refractivity contribution in [2.75, 3.05) is 13.2 Å². The standard InChI is InChI=1S/C18H28O4/c1-3-20-16(19)14(2)22-17(10-5-4-6-11-17)18-12-7-8-15(18)9-13-21-18/h5,10,14-15H,3-4,6-9,11-13H2,1-2H3/t14?,15?,17-,18?/m0/s1. The molecule has 1 saturated heterocycles. The van der Waals surface area contributed by atoms with Gasteiger partial charge in [-0.05, 0) is 58.3 Å². The zero-order valence-electron chi connectivity index (χ0n) is 13.8. The second-order valence-electron chi connectivity index (χ2n) is 6.81. The highest BCUT2D eigenvalue weighted by Crippen LogP contribution is 2.55. The van der Waals surface area contributed by atoms with Gasteiger partial charge in [0, 0.05) is 6.61 Å². The molecule has 3 aliphatic rings. The maximum absolute atomic E-state index is 12.1. The monoisotopic (exact) mass is 308 g/mol. The van der Waals surface area contributed by atoms with E-state index in [-0.39, 0.29) is 11.6 Å². The molecule has 3 rings (SSSR count). The number of allylic oxidation sites excluding steroid dienone is 1. The third kappa shape index (κ3) is 2.50. The van der Waals surface area contributed by atoms with Gasteiger partial charge in [0.05, 0.1) is 6.61 Å². The van der Waals surface area contributed by atoms with Crippen molar-refractivity contribution in [3.8, 4) is 0 Å². The van der Waals surface area contributed by atoms with Gasteiger partial charge in [0.25, 0.3) is 0 Å². The summed E-state index contributed by atoms with van der Waals surface area (Å²) in [5.74, 6) is 0.287. The molecule has 0 spiro atoms. The minimum absolute atomic E-state index is 0.231. The largest absolute Gasteiger partial charge is 0.464 e. The Morgan fingerprint density at radius 2 is 2.23 bits per heavy atom. The van der Waals surface area contributed by atoms with Gasteiger partial charge >= 0.3 is 5.97 Å². The summed E-state index contributed by atoms with van der Waals surface area (Å²) in [6, 6.07) is 0. The highest BCUT2D eigenvalue weighted by Gasteiger charge is 2.61. The fraction of sp³-hybridized carbons (Fsp3) is 0.833. The van der Waals surface area contributed by atoms with E-state index in [1.165, 1.54) is 12.8 Å². The number of fused-ring (bicyclic) bond motifs is 1. The second-order valence-corrected chi connectivity index (χ2v) is 6.81. The Morgan fingerprint density at radius 1 is 1.36 bits per heavy atom. The van der Waals surface area contributed by atoms with Crippen LogP contribution >= 0.6 is 0 Å². The van der Waals surface area contributed by atoms with Crippen LogP contribution in [-0.2, 0) is 19.0 Å². The molecule has 124 valence electrons. The van der Waals surface area contributed by atoms with E-state index in [0.29, 0.717) is 12.5 Å². The van der Waals surface area contributed by atoms with Crippen LogP contribution in [0.15, 0.2) is 12.2 Å². The number of carbonyl (C=O) groups excluding carboxylic acids is 1. The maximum atomic E-state index is 12.1. The van der Waals surface area contributed by atoms with Gasteiger partial charge in [0.15, 0.2) is 6.10 Å². The molecule has 1 heterocycles. The summed E-state index contributed by atoms with van der Waals surface area (Å²) in [6.07, 6.45) is 11.5. The maximum Gasteiger partial charge on any atom is 0.334 e. The summed E-state index contributed by atoms with van der Waals surface area (Å²) >= 11 is 0. The van der Waals surface area contributed by atoms with E-state index in [2.05, 4.69) is 12.2 Å². The minimum Gasteiger partial charge on any atom is -0.464 e. The molecule has 0 aromatic carbocycles. The Labute approximate surface area is 133 Å². The lowest BCUT2D eigenvalue weighted by atomic mass is 9.71. The molecule has 0 bridgehead atoms. The van der Waals surface area contributed by atoms with Crippen LogP contribution in [-0.4, -0.2) is 36.5 Å². The van der Waals surface area contributed by atoms with Gasteiger partial charge in [-0.25, -0.2) is 4.79 Å². The predicted molar refractivity (Wildman–Crippen MR) is 83.5 cm³/mol. The third-order valence-electron chi connectivity index (χ3n) is 5.61. The molecule has 3 unspecified atom stereocenters. The fourth-order valence-corrected chi connectivity index (χ4v) is 4.69. The van der Waals surface area contributed by atoms with E-state index >= 15 is 0 Å². The molecule has 2 fully saturated rings. The van der Waals surface area contributed by atoms with Gasteiger partial charge < -0.3 is 14.2 Å². The minimum atomic E-state index is -0.553. The van der Waals surface area contributed by atoms with Crippen LogP contribution in [0.2, 0.25) is 0 Å². The Balaban J connectivity index is 1.87. The summed E-state index contributed by atoms with van der Waals surface area (Å²) < 4.78 is 17.8. The SMILES string of the molecule is CCOC(=O)C(C)O[C@@]1(C23CCCC2CCO3)C=CCCC1. The lowest BCUT2D eigenvalue weighted by Crippen LogP contribution is -2.58. The van der Waals surface area contributed by atoms with Crippen LogP contribution in [0.1, 0.15) is 58.8 Å². The van der Waals surface area contributed by atoms with Gasteiger partial charge in [-0.1, -0.05) is 18.6 Å². The first-order valence-corrected chi connectivity index (χ1v) is 8.80. The average molecular weight is 308 g/mol. The first kappa shape index (κ1) is 16.0. The smallest absolute Gasteiger partial charge is 0.334 e. The summed E-state index contributed by atoms with van der Waals surface area (Å²) in [5, 5.41) is 0. The fourth-order valence-electron chi connectivity index (χ4n) is 4.69. The van der Waals surface area contributed by atoms with Gasteiger partial charge in [0.2, 0.25) is 0 Å². The van der Waals surface area contributed by atoms with Crippen LogP contribution < -0.4 is 0 Å². The normalized spacial score (nSPS) is 38.7. The molecule has 0 N–H and O–H groups in total. The van der Waals surface area contributed by atoms with Crippen molar-refractivity contribution in [3.63, 3.8) is 0 Å². The van der Waals surface area contributed by atoms with E-state index in [1.54, 1.807) is 6.92 Å². The Hall–Kier alpha value is -0.870. The summed E-state index contributed by atoms with van der Waals surface area (Å²) in [5.41, 5.74) is -0.695. The van der Waals surface area contributed by atoms with E-state index in [1.807, 2.05) is 6.92 Å². The molecule has 0 radical (unpaired) electrons. The quantitative estimate of drug-likeness (QED) is 0.577. The molecule has 4 nitrogen and oxygen atoms in total. The highest BCUT2D eigenvalue weighted by molar-refractivity contribution is 5.74. The average Bonchev–Trinajstić information content (AvgIpc) is 3.09. The highest BCUT2D eigenvalue weighted by atomic mass is 16.6. The Morgan fingerprint density at radius 3 is 2.95 bits per heavy atom. The second kappa shape index (κ2) is 6.32. The van der Waals surface area contributed by atoms with E-state index in [9.17, 15) is 4.79 Å². The number of carbonyl (C=O) groups is 1. The van der Waals surface area contributed by atoms with Crippen LogP contribution in [0, 0.1) is 5.92 Å². The molecular formula is C18H28O4. The third-order valence-corrected chi connectivity index (χ3v) is 5.61. The molecular weight excluding hydrogens is 280 g/mol. The molecule has 2 aliphatic carbocycles. The number of hydrogen-bond donors (Lipinski definition) is 0. The Bertz CT molecular complexity index is 434. The molecule has 1 saturated carbocycles. The first-order chi connectivity index (χ1) is 10.6. The van der Waals surface area contributed by atoms with Crippen molar-refractivity contribution in [2.24, 2.45) is 5.92 Å². The van der Waals surface area contributed by atoms with Crippen molar-refractivity contribution in [3.05, 3.63) is 12.2 Å². The summed E-state index contributed by atoms with van der Waals surface area (Å²) in [6.45, 7) is 4.83. The van der Waals surface area contributed by atoms with Crippen LogP contribution in [0.5, 0.6) is 0 Å². The summed E-state index contributed by atoms with van der Waals surface area (Å²) in [7, 11) is 0. The molecule has 1 aliphatic heterocycles. The zero-order chi connectivity index (χ0) is 15.6. The lowest BCUT2D eigenvalue weighted by molar-refractivity contribution is -0.207. The van der Waals surface area contributed by atoms with E-state index < -0.39 is 11.7 Å². The molecule has 0 amide bonds. The number of ether oxygens (including phenoxy) is 3. The first-order valence-electron chi connectivity index (χ1n) is 8.80. The Kier molecular flexibility index (Phi) is 4.60. The topological polar surface area (TPSA) is 44.8 Å². The van der Waals surface area contributed by atoms with Crippen molar-refractivity contribution < 1.29 is 19.0 Å². The van der Waals surface area contributed by atoms with Gasteiger partial charge in [0.1, 0.15) is 11.2 Å².